The number of hydrogen-bond acceptors (Lipinski definition) is 1. The van der Waals surface area contributed by atoms with E-state index in [1.807, 2.05) is 19.9 Å². The quantitative estimate of drug-likeness (QED) is 0.673. The minimum atomic E-state index is 0.455. The van der Waals surface area contributed by atoms with Crippen molar-refractivity contribution < 1.29 is 5.11 Å². The summed E-state index contributed by atoms with van der Waals surface area (Å²) in [6, 6.07) is 4.04. The zero-order chi connectivity index (χ0) is 8.72. The van der Waals surface area contributed by atoms with Gasteiger partial charge in [-0.25, -0.2) is 0 Å². The van der Waals surface area contributed by atoms with E-state index in [1.165, 1.54) is 24.0 Å². The second kappa shape index (κ2) is 2.51. The number of benzene rings is 1. The molecule has 64 valence electrons. The molecule has 0 aromatic heterocycles. The van der Waals surface area contributed by atoms with E-state index in [2.05, 4.69) is 6.07 Å². The maximum absolute atomic E-state index is 9.56. The monoisotopic (exact) mass is 162 g/mol. The summed E-state index contributed by atoms with van der Waals surface area (Å²) in [6.07, 6.45) is 2.59. The van der Waals surface area contributed by atoms with Crippen molar-refractivity contribution in [1.29, 1.82) is 0 Å². The Bertz CT molecular complexity index is 311. The van der Waals surface area contributed by atoms with E-state index in [0.29, 0.717) is 5.75 Å². The van der Waals surface area contributed by atoms with Gasteiger partial charge in [0, 0.05) is 0 Å². The second-order valence-corrected chi connectivity index (χ2v) is 3.77. The highest BCUT2D eigenvalue weighted by Gasteiger charge is 2.25. The van der Waals surface area contributed by atoms with Gasteiger partial charge < -0.3 is 5.11 Å². The van der Waals surface area contributed by atoms with Crippen molar-refractivity contribution in [2.45, 2.75) is 32.6 Å². The van der Waals surface area contributed by atoms with E-state index in [4.69, 9.17) is 0 Å². The number of rotatable bonds is 1. The zero-order valence-electron chi connectivity index (χ0n) is 7.59. The van der Waals surface area contributed by atoms with E-state index in [1.54, 1.807) is 0 Å². The van der Waals surface area contributed by atoms with E-state index in [9.17, 15) is 5.11 Å². The van der Waals surface area contributed by atoms with Crippen molar-refractivity contribution in [3.63, 3.8) is 0 Å². The topological polar surface area (TPSA) is 20.2 Å². The number of phenolic OH excluding ortho intramolecular Hbond substituents is 1. The number of hydrogen-bond donors (Lipinski definition) is 1. The van der Waals surface area contributed by atoms with Crippen LogP contribution in [0, 0.1) is 13.8 Å². The lowest BCUT2D eigenvalue weighted by atomic mass is 10.0. The van der Waals surface area contributed by atoms with Gasteiger partial charge in [-0.05, 0) is 55.4 Å². The minimum Gasteiger partial charge on any atom is -0.508 e. The minimum absolute atomic E-state index is 0.455. The van der Waals surface area contributed by atoms with Gasteiger partial charge in [0.1, 0.15) is 5.75 Å². The first-order chi connectivity index (χ1) is 5.68. The SMILES string of the molecule is Cc1cc(O)c(C)c(C2CC2)c1. The Morgan fingerprint density at radius 3 is 2.50 bits per heavy atom. The Labute approximate surface area is 73.0 Å². The summed E-state index contributed by atoms with van der Waals surface area (Å²) in [5.74, 6) is 1.19. The molecule has 0 saturated heterocycles. The summed E-state index contributed by atoms with van der Waals surface area (Å²) in [7, 11) is 0. The third-order valence-electron chi connectivity index (χ3n) is 2.58. The molecule has 0 aliphatic heterocycles. The number of aromatic hydroxyl groups is 1. The summed E-state index contributed by atoms with van der Waals surface area (Å²) < 4.78 is 0. The lowest BCUT2D eigenvalue weighted by Gasteiger charge is -2.07. The fourth-order valence-electron chi connectivity index (χ4n) is 1.69. The first-order valence-electron chi connectivity index (χ1n) is 4.48. The Balaban J connectivity index is 2.51. The molecular formula is C11H14O. The molecule has 0 unspecified atom stereocenters. The van der Waals surface area contributed by atoms with Crippen LogP contribution in [0.1, 0.15) is 35.4 Å². The van der Waals surface area contributed by atoms with Crippen LogP contribution in [0.4, 0.5) is 0 Å². The highest BCUT2D eigenvalue weighted by molar-refractivity contribution is 5.44. The third-order valence-corrected chi connectivity index (χ3v) is 2.58. The van der Waals surface area contributed by atoms with Crippen LogP contribution < -0.4 is 0 Å². The molecule has 1 heteroatoms. The van der Waals surface area contributed by atoms with Crippen LogP contribution in [0.5, 0.6) is 5.75 Å². The maximum atomic E-state index is 9.56. The predicted molar refractivity (Wildman–Crippen MR) is 49.6 cm³/mol. The van der Waals surface area contributed by atoms with Gasteiger partial charge in [0.25, 0.3) is 0 Å². The molecule has 0 amide bonds. The van der Waals surface area contributed by atoms with Crippen molar-refractivity contribution in [2.75, 3.05) is 0 Å². The van der Waals surface area contributed by atoms with Crippen molar-refractivity contribution in [2.24, 2.45) is 0 Å². The molecule has 2 rings (SSSR count). The first-order valence-corrected chi connectivity index (χ1v) is 4.48. The molecule has 0 spiro atoms. The number of phenols is 1. The molecule has 1 aliphatic carbocycles. The Hall–Kier alpha value is -0.980. The van der Waals surface area contributed by atoms with Gasteiger partial charge in [0.05, 0.1) is 0 Å². The van der Waals surface area contributed by atoms with Crippen molar-refractivity contribution in [1.82, 2.24) is 0 Å². The fraction of sp³-hybridized carbons (Fsp3) is 0.455. The average Bonchev–Trinajstić information content (AvgIpc) is 2.79. The zero-order valence-corrected chi connectivity index (χ0v) is 7.59. The van der Waals surface area contributed by atoms with Crippen molar-refractivity contribution in [3.8, 4) is 5.75 Å². The lowest BCUT2D eigenvalue weighted by molar-refractivity contribution is 0.469. The molecule has 1 fully saturated rings. The molecule has 0 radical (unpaired) electrons. The van der Waals surface area contributed by atoms with E-state index in [-0.39, 0.29) is 0 Å². The van der Waals surface area contributed by atoms with E-state index in [0.717, 1.165) is 11.5 Å². The molecule has 0 bridgehead atoms. The smallest absolute Gasteiger partial charge is 0.119 e. The van der Waals surface area contributed by atoms with Crippen LogP contribution >= 0.6 is 0 Å². The molecule has 1 nitrogen and oxygen atoms in total. The van der Waals surface area contributed by atoms with Gasteiger partial charge in [0.15, 0.2) is 0 Å². The Kier molecular flexibility index (Phi) is 1.60. The molecular weight excluding hydrogens is 148 g/mol. The summed E-state index contributed by atoms with van der Waals surface area (Å²) >= 11 is 0. The highest BCUT2D eigenvalue weighted by atomic mass is 16.3. The van der Waals surface area contributed by atoms with Crippen molar-refractivity contribution in [3.05, 3.63) is 28.8 Å². The number of aryl methyl sites for hydroxylation is 1. The first kappa shape index (κ1) is 7.66. The summed E-state index contributed by atoms with van der Waals surface area (Å²) in [6.45, 7) is 4.04. The molecule has 1 N–H and O–H groups in total. The van der Waals surface area contributed by atoms with Crippen LogP contribution in [0.15, 0.2) is 12.1 Å². The van der Waals surface area contributed by atoms with Gasteiger partial charge in [-0.15, -0.1) is 0 Å². The van der Waals surface area contributed by atoms with Gasteiger partial charge in [0.2, 0.25) is 0 Å². The molecule has 0 heterocycles. The standard InChI is InChI=1S/C11H14O/c1-7-5-10(9-3-4-9)8(2)11(12)6-7/h5-6,9,12H,3-4H2,1-2H3. The lowest BCUT2D eigenvalue weighted by Crippen LogP contribution is -1.88. The van der Waals surface area contributed by atoms with E-state index >= 15 is 0 Å². The second-order valence-electron chi connectivity index (χ2n) is 3.77. The average molecular weight is 162 g/mol. The molecule has 1 aromatic rings. The van der Waals surface area contributed by atoms with Crippen molar-refractivity contribution >= 4 is 0 Å². The summed E-state index contributed by atoms with van der Waals surface area (Å²) in [4.78, 5) is 0. The molecule has 1 aromatic carbocycles. The fourth-order valence-corrected chi connectivity index (χ4v) is 1.69. The van der Waals surface area contributed by atoms with Gasteiger partial charge in [-0.1, -0.05) is 6.07 Å². The van der Waals surface area contributed by atoms with E-state index < -0.39 is 0 Å². The van der Waals surface area contributed by atoms with Gasteiger partial charge >= 0.3 is 0 Å². The van der Waals surface area contributed by atoms with Crippen LogP contribution in [-0.4, -0.2) is 5.11 Å². The predicted octanol–water partition coefficient (Wildman–Crippen LogP) is 2.89. The maximum Gasteiger partial charge on any atom is 0.119 e. The summed E-state index contributed by atoms with van der Waals surface area (Å²) in [5, 5.41) is 9.56. The summed E-state index contributed by atoms with van der Waals surface area (Å²) in [5.41, 5.74) is 3.59. The molecule has 0 atom stereocenters. The normalized spacial score (nSPS) is 16.5. The third kappa shape index (κ3) is 1.20. The molecule has 1 aliphatic rings. The van der Waals surface area contributed by atoms with Gasteiger partial charge in [-0.3, -0.25) is 0 Å². The molecule has 12 heavy (non-hydrogen) atoms. The highest BCUT2D eigenvalue weighted by Crippen LogP contribution is 2.43. The largest absolute Gasteiger partial charge is 0.508 e. The Morgan fingerprint density at radius 2 is 1.92 bits per heavy atom. The van der Waals surface area contributed by atoms with Crippen LogP contribution in [0.3, 0.4) is 0 Å². The molecule has 1 saturated carbocycles. The van der Waals surface area contributed by atoms with Crippen LogP contribution in [0.2, 0.25) is 0 Å². The van der Waals surface area contributed by atoms with Gasteiger partial charge in [-0.2, -0.15) is 0 Å². The Morgan fingerprint density at radius 1 is 1.25 bits per heavy atom. The van der Waals surface area contributed by atoms with Crippen LogP contribution in [0.25, 0.3) is 0 Å². The van der Waals surface area contributed by atoms with Crippen LogP contribution in [-0.2, 0) is 0 Å².